The fourth-order valence-corrected chi connectivity index (χ4v) is 5.06. The molecule has 0 radical (unpaired) electrons. The van der Waals surface area contributed by atoms with E-state index in [-0.39, 0.29) is 5.97 Å². The van der Waals surface area contributed by atoms with Crippen LogP contribution in [0.2, 0.25) is 0 Å². The maximum atomic E-state index is 12.4. The SMILES string of the molecule is CCc1cc2c(Nc3cc(C(=O)OC)cc(C4CCCC4)c3)c(C(N)=O)cnc2cc1Br. The summed E-state index contributed by atoms with van der Waals surface area (Å²) in [5.41, 5.74) is 10.7. The Labute approximate surface area is 195 Å². The second kappa shape index (κ2) is 9.28. The number of benzene rings is 2. The number of carbonyl (C=O) groups is 2. The zero-order valence-electron chi connectivity index (χ0n) is 18.2. The summed E-state index contributed by atoms with van der Waals surface area (Å²) in [5.74, 6) is -0.546. The van der Waals surface area contributed by atoms with E-state index in [0.29, 0.717) is 28.4 Å². The molecule has 4 rings (SSSR count). The van der Waals surface area contributed by atoms with Gasteiger partial charge in [-0.25, -0.2) is 4.79 Å². The van der Waals surface area contributed by atoms with Crippen LogP contribution in [0.5, 0.6) is 0 Å². The number of ether oxygens (including phenoxy) is 1. The number of anilines is 2. The van der Waals surface area contributed by atoms with Crippen molar-refractivity contribution in [2.45, 2.75) is 44.9 Å². The highest BCUT2D eigenvalue weighted by molar-refractivity contribution is 9.10. The van der Waals surface area contributed by atoms with Crippen LogP contribution >= 0.6 is 15.9 Å². The molecular weight excluding hydrogens is 470 g/mol. The van der Waals surface area contributed by atoms with Crippen LogP contribution in [0.1, 0.15) is 70.4 Å². The van der Waals surface area contributed by atoms with E-state index in [4.69, 9.17) is 10.5 Å². The summed E-state index contributed by atoms with van der Waals surface area (Å²) in [4.78, 5) is 29.0. The largest absolute Gasteiger partial charge is 0.465 e. The smallest absolute Gasteiger partial charge is 0.337 e. The van der Waals surface area contributed by atoms with Crippen LogP contribution < -0.4 is 11.1 Å². The zero-order chi connectivity index (χ0) is 22.8. The average molecular weight is 496 g/mol. The molecule has 6 nitrogen and oxygen atoms in total. The third-order valence-electron chi connectivity index (χ3n) is 6.15. The predicted octanol–water partition coefficient (Wildman–Crippen LogP) is 5.85. The predicted molar refractivity (Wildman–Crippen MR) is 130 cm³/mol. The van der Waals surface area contributed by atoms with Gasteiger partial charge in [0.05, 0.1) is 29.4 Å². The molecule has 0 spiro atoms. The number of hydrogen-bond acceptors (Lipinski definition) is 5. The second-order valence-corrected chi connectivity index (χ2v) is 9.02. The Hall–Kier alpha value is -2.93. The summed E-state index contributed by atoms with van der Waals surface area (Å²) in [7, 11) is 1.38. The maximum absolute atomic E-state index is 12.4. The first kappa shape index (κ1) is 22.3. The van der Waals surface area contributed by atoms with Crippen LogP contribution in [-0.4, -0.2) is 24.0 Å². The number of methoxy groups -OCH3 is 1. The number of carbonyl (C=O) groups excluding carboxylic acids is 2. The quantitative estimate of drug-likeness (QED) is 0.418. The van der Waals surface area contributed by atoms with Gasteiger partial charge in [0.2, 0.25) is 0 Å². The molecule has 1 aliphatic carbocycles. The molecule has 0 bridgehead atoms. The molecule has 1 fully saturated rings. The van der Waals surface area contributed by atoms with E-state index in [2.05, 4.69) is 39.2 Å². The molecule has 2 aromatic carbocycles. The van der Waals surface area contributed by atoms with E-state index in [0.717, 1.165) is 45.8 Å². The molecule has 166 valence electrons. The fourth-order valence-electron chi connectivity index (χ4n) is 4.45. The van der Waals surface area contributed by atoms with Crippen molar-refractivity contribution in [3.8, 4) is 0 Å². The highest BCUT2D eigenvalue weighted by Gasteiger charge is 2.21. The van der Waals surface area contributed by atoms with Crippen LogP contribution in [0.4, 0.5) is 11.4 Å². The molecule has 1 saturated carbocycles. The number of esters is 1. The number of rotatable bonds is 6. The van der Waals surface area contributed by atoms with E-state index in [9.17, 15) is 9.59 Å². The number of fused-ring (bicyclic) bond motifs is 1. The van der Waals surface area contributed by atoms with Gasteiger partial charge in [0.25, 0.3) is 5.91 Å². The number of hydrogen-bond donors (Lipinski definition) is 2. The normalized spacial score (nSPS) is 14.0. The lowest BCUT2D eigenvalue weighted by Crippen LogP contribution is -2.14. The molecule has 0 atom stereocenters. The number of nitrogens with zero attached hydrogens (tertiary/aromatic N) is 1. The van der Waals surface area contributed by atoms with E-state index in [1.807, 2.05) is 18.2 Å². The van der Waals surface area contributed by atoms with Gasteiger partial charge in [-0.2, -0.15) is 0 Å². The molecule has 3 N–H and O–H groups in total. The van der Waals surface area contributed by atoms with Crippen molar-refractivity contribution in [1.82, 2.24) is 4.98 Å². The van der Waals surface area contributed by atoms with Gasteiger partial charge in [-0.05, 0) is 66.6 Å². The maximum Gasteiger partial charge on any atom is 0.337 e. The van der Waals surface area contributed by atoms with Crippen molar-refractivity contribution in [2.75, 3.05) is 12.4 Å². The molecule has 0 saturated heterocycles. The van der Waals surface area contributed by atoms with Crippen LogP contribution in [-0.2, 0) is 11.2 Å². The lowest BCUT2D eigenvalue weighted by atomic mass is 9.95. The molecule has 1 amide bonds. The minimum Gasteiger partial charge on any atom is -0.465 e. The van der Waals surface area contributed by atoms with Crippen LogP contribution in [0.25, 0.3) is 10.9 Å². The summed E-state index contributed by atoms with van der Waals surface area (Å²) in [5, 5.41) is 4.19. The fraction of sp³-hybridized carbons (Fsp3) is 0.320. The van der Waals surface area contributed by atoms with Crippen molar-refractivity contribution in [3.63, 3.8) is 0 Å². The van der Waals surface area contributed by atoms with Gasteiger partial charge in [-0.15, -0.1) is 0 Å². The summed E-state index contributed by atoms with van der Waals surface area (Å²) < 4.78 is 5.95. The first-order valence-electron chi connectivity index (χ1n) is 10.8. The van der Waals surface area contributed by atoms with E-state index in [1.54, 1.807) is 6.07 Å². The monoisotopic (exact) mass is 495 g/mol. The number of aryl methyl sites for hydroxylation is 1. The van der Waals surface area contributed by atoms with Crippen molar-refractivity contribution in [1.29, 1.82) is 0 Å². The Morgan fingerprint density at radius 2 is 1.94 bits per heavy atom. The van der Waals surface area contributed by atoms with E-state index in [1.165, 1.54) is 26.1 Å². The first-order valence-corrected chi connectivity index (χ1v) is 11.6. The number of pyridine rings is 1. The molecular formula is C25H26BrN3O3. The number of amides is 1. The lowest BCUT2D eigenvalue weighted by Gasteiger charge is -2.18. The Balaban J connectivity index is 1.87. The van der Waals surface area contributed by atoms with Crippen molar-refractivity contribution >= 4 is 50.1 Å². The standard InChI is InChI=1S/C25H26BrN3O3/c1-3-14-11-19-22(12-21(14)26)28-13-20(24(27)30)23(19)29-18-9-16(15-6-4-5-7-15)8-17(10-18)25(31)32-2/h8-13,15H,3-7H2,1-2H3,(H2,27,30)(H,28,29). The van der Waals surface area contributed by atoms with Crippen molar-refractivity contribution in [2.24, 2.45) is 5.73 Å². The molecule has 0 aliphatic heterocycles. The van der Waals surface area contributed by atoms with E-state index < -0.39 is 5.91 Å². The topological polar surface area (TPSA) is 94.3 Å². The summed E-state index contributed by atoms with van der Waals surface area (Å²) >= 11 is 3.59. The highest BCUT2D eigenvalue weighted by Crippen LogP contribution is 2.38. The van der Waals surface area contributed by atoms with Crippen molar-refractivity contribution in [3.05, 3.63) is 63.3 Å². The molecule has 7 heteroatoms. The minimum atomic E-state index is -0.567. The van der Waals surface area contributed by atoms with Gasteiger partial charge in [0.1, 0.15) is 0 Å². The van der Waals surface area contributed by atoms with Gasteiger partial charge in [-0.1, -0.05) is 35.7 Å². The molecule has 3 aromatic rings. The number of halogens is 1. The van der Waals surface area contributed by atoms with Gasteiger partial charge in [-0.3, -0.25) is 9.78 Å². The van der Waals surface area contributed by atoms with Crippen LogP contribution in [0.3, 0.4) is 0 Å². The summed E-state index contributed by atoms with van der Waals surface area (Å²) in [6.45, 7) is 2.07. The Kier molecular flexibility index (Phi) is 6.46. The molecule has 1 heterocycles. The second-order valence-electron chi connectivity index (χ2n) is 8.17. The molecule has 0 unspecified atom stereocenters. The molecule has 1 aromatic heterocycles. The first-order chi connectivity index (χ1) is 15.4. The van der Waals surface area contributed by atoms with E-state index >= 15 is 0 Å². The minimum absolute atomic E-state index is 0.299. The number of primary amides is 1. The zero-order valence-corrected chi connectivity index (χ0v) is 19.8. The third kappa shape index (κ3) is 4.35. The Bertz CT molecular complexity index is 1200. The number of aromatic nitrogens is 1. The van der Waals surface area contributed by atoms with Gasteiger partial charge in [0, 0.05) is 21.7 Å². The van der Waals surface area contributed by atoms with Crippen LogP contribution in [0.15, 0.2) is 41.0 Å². The van der Waals surface area contributed by atoms with Gasteiger partial charge < -0.3 is 15.8 Å². The summed E-state index contributed by atoms with van der Waals surface area (Å²) in [6.07, 6.45) is 6.88. The highest BCUT2D eigenvalue weighted by atomic mass is 79.9. The Morgan fingerprint density at radius 3 is 2.59 bits per heavy atom. The molecule has 32 heavy (non-hydrogen) atoms. The Morgan fingerprint density at radius 1 is 1.19 bits per heavy atom. The third-order valence-corrected chi connectivity index (χ3v) is 6.89. The molecule has 1 aliphatic rings. The van der Waals surface area contributed by atoms with Gasteiger partial charge in [0.15, 0.2) is 0 Å². The number of nitrogens with one attached hydrogen (secondary N) is 1. The lowest BCUT2D eigenvalue weighted by molar-refractivity contribution is 0.0600. The summed E-state index contributed by atoms with van der Waals surface area (Å²) in [6, 6.07) is 9.68. The number of nitrogens with two attached hydrogens (primary N) is 1. The van der Waals surface area contributed by atoms with Crippen LogP contribution in [0, 0.1) is 0 Å². The van der Waals surface area contributed by atoms with Crippen molar-refractivity contribution < 1.29 is 14.3 Å². The average Bonchev–Trinajstić information content (AvgIpc) is 3.33. The van der Waals surface area contributed by atoms with Gasteiger partial charge >= 0.3 is 5.97 Å².